The molecule has 13 heavy (non-hydrogen) atoms. The van der Waals surface area contributed by atoms with E-state index in [9.17, 15) is 4.39 Å². The van der Waals surface area contributed by atoms with E-state index < -0.39 is 0 Å². The number of nitrogen functional groups attached to an aromatic ring is 1. The predicted molar refractivity (Wildman–Crippen MR) is 50.5 cm³/mol. The minimum absolute atomic E-state index is 0.0184. The Morgan fingerprint density at radius 2 is 2.08 bits per heavy atom. The summed E-state index contributed by atoms with van der Waals surface area (Å²) in [7, 11) is 0. The molecule has 0 radical (unpaired) electrons. The second-order valence-corrected chi connectivity index (χ2v) is 3.64. The molecule has 0 amide bonds. The largest absolute Gasteiger partial charge is 0.396 e. The Morgan fingerprint density at radius 1 is 1.38 bits per heavy atom. The number of hydrogen-bond acceptors (Lipinski definition) is 2. The lowest BCUT2D eigenvalue weighted by Crippen LogP contribution is -2.12. The summed E-state index contributed by atoms with van der Waals surface area (Å²) in [5.41, 5.74) is 12.3. The average Bonchev–Trinajstić information content (AvgIpc) is 2.91. The fourth-order valence-corrected chi connectivity index (χ4v) is 1.48. The average molecular weight is 180 g/mol. The van der Waals surface area contributed by atoms with Gasteiger partial charge in [-0.25, -0.2) is 4.39 Å². The molecule has 1 aromatic carbocycles. The first kappa shape index (κ1) is 8.51. The molecule has 2 nitrogen and oxygen atoms in total. The highest BCUT2D eigenvalue weighted by molar-refractivity contribution is 5.42. The highest BCUT2D eigenvalue weighted by atomic mass is 19.1. The van der Waals surface area contributed by atoms with Crippen molar-refractivity contribution in [1.29, 1.82) is 0 Å². The SMILES string of the molecule is Nc1ccc(C(N)C2CC2)cc1F. The van der Waals surface area contributed by atoms with Crippen molar-refractivity contribution < 1.29 is 4.39 Å². The zero-order valence-corrected chi connectivity index (χ0v) is 7.33. The Labute approximate surface area is 76.7 Å². The van der Waals surface area contributed by atoms with E-state index in [1.54, 1.807) is 12.1 Å². The number of rotatable bonds is 2. The first-order valence-electron chi connectivity index (χ1n) is 4.49. The number of hydrogen-bond donors (Lipinski definition) is 2. The van der Waals surface area contributed by atoms with Gasteiger partial charge in [0, 0.05) is 6.04 Å². The van der Waals surface area contributed by atoms with Gasteiger partial charge in [0.05, 0.1) is 5.69 Å². The fourth-order valence-electron chi connectivity index (χ4n) is 1.48. The summed E-state index contributed by atoms with van der Waals surface area (Å²) in [5, 5.41) is 0. The van der Waals surface area contributed by atoms with Crippen molar-refractivity contribution in [2.45, 2.75) is 18.9 Å². The van der Waals surface area contributed by atoms with Crippen LogP contribution in [0.1, 0.15) is 24.4 Å². The van der Waals surface area contributed by atoms with Gasteiger partial charge in [-0.15, -0.1) is 0 Å². The van der Waals surface area contributed by atoms with Gasteiger partial charge >= 0.3 is 0 Å². The van der Waals surface area contributed by atoms with E-state index in [0.29, 0.717) is 5.92 Å². The third kappa shape index (κ3) is 1.65. The molecule has 0 spiro atoms. The summed E-state index contributed by atoms with van der Waals surface area (Å²) in [6.07, 6.45) is 2.32. The first-order chi connectivity index (χ1) is 6.18. The third-order valence-corrected chi connectivity index (χ3v) is 2.54. The maximum Gasteiger partial charge on any atom is 0.146 e. The van der Waals surface area contributed by atoms with Crippen LogP contribution in [0.15, 0.2) is 18.2 Å². The molecule has 1 saturated carbocycles. The van der Waals surface area contributed by atoms with E-state index in [2.05, 4.69) is 0 Å². The van der Waals surface area contributed by atoms with Crippen LogP contribution in [0.25, 0.3) is 0 Å². The van der Waals surface area contributed by atoms with Crippen molar-refractivity contribution in [3.05, 3.63) is 29.6 Å². The molecule has 1 unspecified atom stereocenters. The minimum atomic E-state index is -0.367. The summed E-state index contributed by atoms with van der Waals surface area (Å²) in [4.78, 5) is 0. The molecule has 1 aliphatic carbocycles. The van der Waals surface area contributed by atoms with E-state index in [4.69, 9.17) is 11.5 Å². The summed E-state index contributed by atoms with van der Waals surface area (Å²) in [6.45, 7) is 0. The molecule has 3 heteroatoms. The van der Waals surface area contributed by atoms with Crippen LogP contribution in [-0.4, -0.2) is 0 Å². The van der Waals surface area contributed by atoms with E-state index in [1.807, 2.05) is 0 Å². The Morgan fingerprint density at radius 3 is 2.62 bits per heavy atom. The van der Waals surface area contributed by atoms with Gasteiger partial charge in [-0.05, 0) is 36.5 Å². The zero-order valence-electron chi connectivity index (χ0n) is 7.33. The van der Waals surface area contributed by atoms with Crippen molar-refractivity contribution in [3.8, 4) is 0 Å². The third-order valence-electron chi connectivity index (χ3n) is 2.54. The molecule has 4 N–H and O–H groups in total. The van der Waals surface area contributed by atoms with Gasteiger partial charge in [-0.1, -0.05) is 6.07 Å². The standard InChI is InChI=1S/C10H13FN2/c11-8-5-7(3-4-9(8)12)10(13)6-1-2-6/h3-6,10H,1-2,12-13H2. The lowest BCUT2D eigenvalue weighted by Gasteiger charge is -2.10. The number of nitrogens with two attached hydrogens (primary N) is 2. The summed E-state index contributed by atoms with van der Waals surface area (Å²) in [5.74, 6) is 0.177. The molecule has 70 valence electrons. The fraction of sp³-hybridized carbons (Fsp3) is 0.400. The number of anilines is 1. The summed E-state index contributed by atoms with van der Waals surface area (Å²) in [6, 6.07) is 4.81. The molecule has 1 fully saturated rings. The van der Waals surface area contributed by atoms with Gasteiger partial charge in [-0.2, -0.15) is 0 Å². The van der Waals surface area contributed by atoms with E-state index in [0.717, 1.165) is 18.4 Å². The van der Waals surface area contributed by atoms with Crippen LogP contribution in [0.2, 0.25) is 0 Å². The van der Waals surface area contributed by atoms with Crippen LogP contribution in [0.4, 0.5) is 10.1 Å². The second-order valence-electron chi connectivity index (χ2n) is 3.64. The van der Waals surface area contributed by atoms with Crippen molar-refractivity contribution in [2.24, 2.45) is 11.7 Å². The highest BCUT2D eigenvalue weighted by Gasteiger charge is 2.29. The molecule has 0 heterocycles. The van der Waals surface area contributed by atoms with Crippen molar-refractivity contribution in [3.63, 3.8) is 0 Å². The van der Waals surface area contributed by atoms with Crippen LogP contribution in [0.3, 0.4) is 0 Å². The van der Waals surface area contributed by atoms with E-state index in [-0.39, 0.29) is 17.5 Å². The van der Waals surface area contributed by atoms with Crippen LogP contribution in [0, 0.1) is 11.7 Å². The van der Waals surface area contributed by atoms with Gasteiger partial charge in [0.25, 0.3) is 0 Å². The molecular formula is C10H13FN2. The number of halogens is 1. The van der Waals surface area contributed by atoms with Crippen molar-refractivity contribution in [1.82, 2.24) is 0 Å². The first-order valence-corrected chi connectivity index (χ1v) is 4.49. The molecule has 0 saturated heterocycles. The molecule has 1 atom stereocenters. The predicted octanol–water partition coefficient (Wildman–Crippen LogP) is 1.82. The van der Waals surface area contributed by atoms with Gasteiger partial charge in [0.1, 0.15) is 5.82 Å². The molecule has 0 bridgehead atoms. The maximum atomic E-state index is 13.0. The second kappa shape index (κ2) is 3.00. The van der Waals surface area contributed by atoms with Crippen molar-refractivity contribution >= 4 is 5.69 Å². The van der Waals surface area contributed by atoms with Gasteiger partial charge in [0.2, 0.25) is 0 Å². The summed E-state index contributed by atoms with van der Waals surface area (Å²) >= 11 is 0. The van der Waals surface area contributed by atoms with Gasteiger partial charge in [-0.3, -0.25) is 0 Å². The lowest BCUT2D eigenvalue weighted by molar-refractivity contribution is 0.604. The Kier molecular flexibility index (Phi) is 1.96. The van der Waals surface area contributed by atoms with E-state index >= 15 is 0 Å². The molecule has 0 aliphatic heterocycles. The van der Waals surface area contributed by atoms with Crippen LogP contribution >= 0.6 is 0 Å². The highest BCUT2D eigenvalue weighted by Crippen LogP contribution is 2.39. The van der Waals surface area contributed by atoms with Crippen LogP contribution in [0.5, 0.6) is 0 Å². The molecule has 2 rings (SSSR count). The van der Waals surface area contributed by atoms with E-state index in [1.165, 1.54) is 6.07 Å². The molecule has 1 aromatic rings. The topological polar surface area (TPSA) is 52.0 Å². The number of benzene rings is 1. The van der Waals surface area contributed by atoms with Gasteiger partial charge in [0.15, 0.2) is 0 Å². The van der Waals surface area contributed by atoms with Crippen molar-refractivity contribution in [2.75, 3.05) is 5.73 Å². The molecular weight excluding hydrogens is 167 g/mol. The quantitative estimate of drug-likeness (QED) is 0.682. The Balaban J connectivity index is 2.24. The zero-order chi connectivity index (χ0) is 9.42. The maximum absolute atomic E-state index is 13.0. The Hall–Kier alpha value is -1.09. The van der Waals surface area contributed by atoms with Crippen LogP contribution in [-0.2, 0) is 0 Å². The smallest absolute Gasteiger partial charge is 0.146 e. The summed E-state index contributed by atoms with van der Waals surface area (Å²) < 4.78 is 13.0. The van der Waals surface area contributed by atoms with Crippen LogP contribution < -0.4 is 11.5 Å². The minimum Gasteiger partial charge on any atom is -0.396 e. The van der Waals surface area contributed by atoms with Gasteiger partial charge < -0.3 is 11.5 Å². The monoisotopic (exact) mass is 180 g/mol. The Bertz CT molecular complexity index is 321. The lowest BCUT2D eigenvalue weighted by atomic mass is 10.0. The molecule has 0 aromatic heterocycles. The molecule has 1 aliphatic rings. The normalized spacial score (nSPS) is 18.6.